The summed E-state index contributed by atoms with van der Waals surface area (Å²) in [5, 5.41) is 4.08. The minimum Gasteiger partial charge on any atom is -0.357 e. The van der Waals surface area contributed by atoms with Crippen molar-refractivity contribution in [2.75, 3.05) is 12.4 Å². The van der Waals surface area contributed by atoms with Crippen molar-refractivity contribution in [1.82, 2.24) is 9.97 Å². The summed E-state index contributed by atoms with van der Waals surface area (Å²) < 4.78 is 0. The number of rotatable bonds is 1. The first-order valence-corrected chi connectivity index (χ1v) is 4.63. The molecule has 3 nitrogen and oxygen atoms in total. The number of aryl methyl sites for hydroxylation is 1. The third-order valence-electron chi connectivity index (χ3n) is 2.27. The fourth-order valence-electron chi connectivity index (χ4n) is 1.51. The predicted octanol–water partition coefficient (Wildman–Crippen LogP) is 0.238. The van der Waals surface area contributed by atoms with Crippen LogP contribution in [0.5, 0.6) is 0 Å². The van der Waals surface area contributed by atoms with Crippen molar-refractivity contribution in [3.8, 4) is 0 Å². The van der Waals surface area contributed by atoms with Gasteiger partial charge in [0.15, 0.2) is 0 Å². The van der Waals surface area contributed by atoms with E-state index in [-0.39, 0.29) is 0 Å². The van der Waals surface area contributed by atoms with Crippen LogP contribution >= 0.6 is 0 Å². The smallest absolute Gasteiger partial charge is 0.223 e. The van der Waals surface area contributed by atoms with Gasteiger partial charge in [0.25, 0.3) is 0 Å². The van der Waals surface area contributed by atoms with E-state index in [9.17, 15) is 0 Å². The van der Waals surface area contributed by atoms with E-state index in [1.165, 1.54) is 5.46 Å². The summed E-state index contributed by atoms with van der Waals surface area (Å²) in [6.45, 7) is 2.00. The van der Waals surface area contributed by atoms with Crippen LogP contribution in [0.3, 0.4) is 0 Å². The summed E-state index contributed by atoms with van der Waals surface area (Å²) in [5.41, 5.74) is 3.25. The molecule has 0 aliphatic rings. The van der Waals surface area contributed by atoms with Crippen LogP contribution in [0.1, 0.15) is 5.69 Å². The highest BCUT2D eigenvalue weighted by Crippen LogP contribution is 2.14. The van der Waals surface area contributed by atoms with Gasteiger partial charge < -0.3 is 5.32 Å². The Morgan fingerprint density at radius 2 is 2.07 bits per heavy atom. The summed E-state index contributed by atoms with van der Waals surface area (Å²) in [5.74, 6) is 0.679. The van der Waals surface area contributed by atoms with Gasteiger partial charge in [0, 0.05) is 12.4 Å². The molecule has 2 aromatic rings. The average molecular weight is 185 g/mol. The topological polar surface area (TPSA) is 37.8 Å². The van der Waals surface area contributed by atoms with Crippen molar-refractivity contribution in [2.24, 2.45) is 0 Å². The van der Waals surface area contributed by atoms with Crippen molar-refractivity contribution in [3.05, 3.63) is 23.9 Å². The standard InChI is InChI=1S/C10H12BN3/c1-6-8-5-7(11)3-4-9(8)14-10(12-2)13-6/h3-5H,11H2,1-2H3,(H,12,13,14). The van der Waals surface area contributed by atoms with E-state index < -0.39 is 0 Å². The molecule has 0 amide bonds. The second-order valence-electron chi connectivity index (χ2n) is 3.40. The van der Waals surface area contributed by atoms with Crippen LogP contribution in [-0.2, 0) is 0 Å². The van der Waals surface area contributed by atoms with Crippen molar-refractivity contribution in [3.63, 3.8) is 0 Å². The Labute approximate surface area is 84.0 Å². The summed E-state index contributed by atoms with van der Waals surface area (Å²) in [7, 11) is 3.90. The maximum Gasteiger partial charge on any atom is 0.223 e. The van der Waals surface area contributed by atoms with Crippen molar-refractivity contribution >= 4 is 30.2 Å². The van der Waals surface area contributed by atoms with Crippen LogP contribution in [0.4, 0.5) is 5.95 Å². The number of benzene rings is 1. The molecule has 0 bridgehead atoms. The highest BCUT2D eigenvalue weighted by molar-refractivity contribution is 6.33. The fraction of sp³-hybridized carbons (Fsp3) is 0.200. The van der Waals surface area contributed by atoms with E-state index in [0.717, 1.165) is 16.6 Å². The molecule has 0 radical (unpaired) electrons. The Balaban J connectivity index is 2.76. The van der Waals surface area contributed by atoms with E-state index in [4.69, 9.17) is 0 Å². The van der Waals surface area contributed by atoms with Gasteiger partial charge in [-0.15, -0.1) is 0 Å². The van der Waals surface area contributed by atoms with Crippen LogP contribution in [-0.4, -0.2) is 24.9 Å². The van der Waals surface area contributed by atoms with E-state index in [1.54, 1.807) is 0 Å². The van der Waals surface area contributed by atoms with Crippen molar-refractivity contribution in [1.29, 1.82) is 0 Å². The molecule has 0 unspecified atom stereocenters. The SMILES string of the molecule is Bc1ccc2nc(NC)nc(C)c2c1. The fourth-order valence-corrected chi connectivity index (χ4v) is 1.51. The number of fused-ring (bicyclic) bond motifs is 1. The molecule has 14 heavy (non-hydrogen) atoms. The molecule has 0 aliphatic carbocycles. The van der Waals surface area contributed by atoms with Gasteiger partial charge in [0.2, 0.25) is 5.95 Å². The average Bonchev–Trinajstić information content (AvgIpc) is 2.19. The van der Waals surface area contributed by atoms with Gasteiger partial charge in [0.05, 0.1) is 11.2 Å². The van der Waals surface area contributed by atoms with Crippen molar-refractivity contribution in [2.45, 2.75) is 6.92 Å². The Kier molecular flexibility index (Phi) is 2.12. The van der Waals surface area contributed by atoms with Crippen LogP contribution in [0.2, 0.25) is 0 Å². The van der Waals surface area contributed by atoms with Crippen LogP contribution in [0.25, 0.3) is 10.9 Å². The second-order valence-corrected chi connectivity index (χ2v) is 3.40. The third kappa shape index (κ3) is 1.43. The molecule has 1 heterocycles. The maximum atomic E-state index is 4.37. The minimum atomic E-state index is 0.679. The van der Waals surface area contributed by atoms with E-state index >= 15 is 0 Å². The normalized spacial score (nSPS) is 10.4. The zero-order valence-electron chi connectivity index (χ0n) is 8.63. The summed E-state index contributed by atoms with van der Waals surface area (Å²) >= 11 is 0. The lowest BCUT2D eigenvalue weighted by Gasteiger charge is -2.05. The third-order valence-corrected chi connectivity index (χ3v) is 2.27. The first-order chi connectivity index (χ1) is 6.70. The number of hydrogen-bond donors (Lipinski definition) is 1. The Morgan fingerprint density at radius 3 is 2.79 bits per heavy atom. The van der Waals surface area contributed by atoms with Gasteiger partial charge in [-0.3, -0.25) is 0 Å². The first-order valence-electron chi connectivity index (χ1n) is 4.63. The highest BCUT2D eigenvalue weighted by Gasteiger charge is 2.02. The van der Waals surface area contributed by atoms with Gasteiger partial charge >= 0.3 is 0 Å². The van der Waals surface area contributed by atoms with E-state index in [0.29, 0.717) is 5.95 Å². The molecule has 0 saturated carbocycles. The van der Waals surface area contributed by atoms with Crippen LogP contribution < -0.4 is 10.8 Å². The number of nitrogens with one attached hydrogen (secondary N) is 1. The lowest BCUT2D eigenvalue weighted by Crippen LogP contribution is -2.04. The van der Waals surface area contributed by atoms with Gasteiger partial charge in [0.1, 0.15) is 7.85 Å². The Morgan fingerprint density at radius 1 is 1.29 bits per heavy atom. The number of anilines is 1. The largest absolute Gasteiger partial charge is 0.357 e. The Hall–Kier alpha value is -1.58. The highest BCUT2D eigenvalue weighted by atomic mass is 15.1. The lowest BCUT2D eigenvalue weighted by atomic mass is 9.94. The molecule has 0 aliphatic heterocycles. The maximum absolute atomic E-state index is 4.37. The van der Waals surface area contributed by atoms with Crippen LogP contribution in [0.15, 0.2) is 18.2 Å². The van der Waals surface area contributed by atoms with E-state index in [2.05, 4.69) is 35.3 Å². The van der Waals surface area contributed by atoms with E-state index in [1.807, 2.05) is 20.0 Å². The number of aromatic nitrogens is 2. The molecule has 1 aromatic carbocycles. The molecule has 1 N–H and O–H groups in total. The molecular formula is C10H12BN3. The molecule has 0 spiro atoms. The van der Waals surface area contributed by atoms with Gasteiger partial charge in [-0.05, 0) is 13.0 Å². The molecule has 70 valence electrons. The molecule has 2 rings (SSSR count). The van der Waals surface area contributed by atoms with Gasteiger partial charge in [-0.25, -0.2) is 9.97 Å². The molecule has 0 atom stereocenters. The van der Waals surface area contributed by atoms with Gasteiger partial charge in [-0.2, -0.15) is 0 Å². The number of hydrogen-bond acceptors (Lipinski definition) is 3. The monoisotopic (exact) mass is 185 g/mol. The van der Waals surface area contributed by atoms with Crippen molar-refractivity contribution < 1.29 is 0 Å². The minimum absolute atomic E-state index is 0.679. The summed E-state index contributed by atoms with van der Waals surface area (Å²) in [4.78, 5) is 8.71. The molecule has 4 heteroatoms. The zero-order chi connectivity index (χ0) is 10.1. The molecule has 1 aromatic heterocycles. The molecular weight excluding hydrogens is 173 g/mol. The summed E-state index contributed by atoms with van der Waals surface area (Å²) in [6.07, 6.45) is 0. The summed E-state index contributed by atoms with van der Waals surface area (Å²) in [6, 6.07) is 6.21. The lowest BCUT2D eigenvalue weighted by molar-refractivity contribution is 1.14. The Bertz CT molecular complexity index is 482. The zero-order valence-corrected chi connectivity index (χ0v) is 8.63. The van der Waals surface area contributed by atoms with Gasteiger partial charge in [-0.1, -0.05) is 17.6 Å². The predicted molar refractivity (Wildman–Crippen MR) is 62.0 cm³/mol. The van der Waals surface area contributed by atoms with Crippen LogP contribution in [0, 0.1) is 6.92 Å². The molecule has 0 saturated heterocycles. The first kappa shape index (κ1) is 9.00. The second kappa shape index (κ2) is 3.29. The number of nitrogens with zero attached hydrogens (tertiary/aromatic N) is 2. The molecule has 0 fully saturated rings. The quantitative estimate of drug-likeness (QED) is 0.646.